The van der Waals surface area contributed by atoms with E-state index < -0.39 is 5.91 Å². The molecule has 100 valence electrons. The molecule has 0 saturated carbocycles. The van der Waals surface area contributed by atoms with Crippen molar-refractivity contribution in [3.8, 4) is 0 Å². The smallest absolute Gasteiger partial charge is 0.335 e. The number of nitrogens with two attached hydrogens (primary N) is 1. The van der Waals surface area contributed by atoms with Crippen molar-refractivity contribution in [1.29, 1.82) is 0 Å². The van der Waals surface area contributed by atoms with Gasteiger partial charge in [0.25, 0.3) is 5.91 Å². The van der Waals surface area contributed by atoms with Gasteiger partial charge in [0.1, 0.15) is 0 Å². The molecule has 0 spiro atoms. The Morgan fingerprint density at radius 1 is 1.37 bits per heavy atom. The fourth-order valence-corrected chi connectivity index (χ4v) is 1.71. The zero-order chi connectivity index (χ0) is 13.8. The molecule has 3 amide bonds. The first kappa shape index (κ1) is 12.9. The van der Waals surface area contributed by atoms with Gasteiger partial charge in [-0.25, -0.2) is 10.2 Å². The number of rotatable bonds is 4. The van der Waals surface area contributed by atoms with E-state index in [2.05, 4.69) is 15.8 Å². The lowest BCUT2D eigenvalue weighted by Crippen LogP contribution is -2.35. The van der Waals surface area contributed by atoms with Crippen molar-refractivity contribution in [1.82, 2.24) is 15.2 Å². The SMILES string of the molecule is CCCNC(=O)Nn1nc(C(N)=O)c2ccccc21. The highest BCUT2D eigenvalue weighted by Gasteiger charge is 2.15. The van der Waals surface area contributed by atoms with Crippen molar-refractivity contribution >= 4 is 22.8 Å². The molecular weight excluding hydrogens is 246 g/mol. The summed E-state index contributed by atoms with van der Waals surface area (Å²) < 4.78 is 0. The minimum atomic E-state index is -0.634. The second-order valence-corrected chi connectivity index (χ2v) is 4.01. The Labute approximate surface area is 109 Å². The molecule has 4 N–H and O–H groups in total. The molecular formula is C12H15N5O2. The third-order valence-corrected chi connectivity index (χ3v) is 2.56. The summed E-state index contributed by atoms with van der Waals surface area (Å²) in [4.78, 5) is 24.1. The van der Waals surface area contributed by atoms with Gasteiger partial charge in [0.2, 0.25) is 0 Å². The second kappa shape index (κ2) is 5.38. The third-order valence-electron chi connectivity index (χ3n) is 2.56. The van der Waals surface area contributed by atoms with Crippen LogP contribution in [0.25, 0.3) is 10.9 Å². The van der Waals surface area contributed by atoms with Gasteiger partial charge in [0, 0.05) is 11.9 Å². The van der Waals surface area contributed by atoms with Gasteiger partial charge in [0.15, 0.2) is 5.69 Å². The first-order valence-corrected chi connectivity index (χ1v) is 5.96. The Hall–Kier alpha value is -2.57. The molecule has 0 fully saturated rings. The van der Waals surface area contributed by atoms with Crippen LogP contribution in [0.5, 0.6) is 0 Å². The standard InChI is InChI=1S/C12H15N5O2/c1-2-7-14-12(19)16-17-9-6-4-3-5-8(9)10(15-17)11(13)18/h3-6H,2,7H2,1H3,(H2,13,18)(H2,14,16,19). The molecule has 0 aliphatic carbocycles. The molecule has 0 aliphatic rings. The molecule has 2 aromatic rings. The van der Waals surface area contributed by atoms with Crippen molar-refractivity contribution in [2.45, 2.75) is 13.3 Å². The summed E-state index contributed by atoms with van der Waals surface area (Å²) >= 11 is 0. The Kier molecular flexibility index (Phi) is 3.65. The van der Waals surface area contributed by atoms with Crippen LogP contribution in [0.3, 0.4) is 0 Å². The number of hydrogen-bond acceptors (Lipinski definition) is 3. The number of carbonyl (C=O) groups excluding carboxylic acids is 2. The molecule has 7 nitrogen and oxygen atoms in total. The van der Waals surface area contributed by atoms with E-state index in [9.17, 15) is 9.59 Å². The van der Waals surface area contributed by atoms with Crippen molar-refractivity contribution in [2.75, 3.05) is 12.0 Å². The maximum absolute atomic E-state index is 11.6. The number of para-hydroxylation sites is 1. The summed E-state index contributed by atoms with van der Waals surface area (Å²) in [5.41, 5.74) is 8.55. The monoisotopic (exact) mass is 261 g/mol. The van der Waals surface area contributed by atoms with Crippen LogP contribution in [-0.4, -0.2) is 28.4 Å². The topological polar surface area (TPSA) is 102 Å². The maximum atomic E-state index is 11.6. The lowest BCUT2D eigenvalue weighted by molar-refractivity contribution is 0.0996. The molecule has 0 radical (unpaired) electrons. The van der Waals surface area contributed by atoms with Crippen molar-refractivity contribution in [3.05, 3.63) is 30.0 Å². The Bertz CT molecular complexity index is 620. The third kappa shape index (κ3) is 2.65. The first-order chi connectivity index (χ1) is 9.13. The number of aromatic nitrogens is 2. The zero-order valence-electron chi connectivity index (χ0n) is 10.5. The molecule has 0 atom stereocenters. The molecule has 1 aromatic heterocycles. The molecule has 0 unspecified atom stereocenters. The van der Waals surface area contributed by atoms with Crippen LogP contribution in [0.2, 0.25) is 0 Å². The van der Waals surface area contributed by atoms with Gasteiger partial charge in [-0.3, -0.25) is 4.79 Å². The molecule has 19 heavy (non-hydrogen) atoms. The number of primary amides is 1. The number of nitrogens with one attached hydrogen (secondary N) is 2. The Morgan fingerprint density at radius 3 is 2.79 bits per heavy atom. The van der Waals surface area contributed by atoms with Crippen molar-refractivity contribution in [2.24, 2.45) is 5.73 Å². The van der Waals surface area contributed by atoms with Gasteiger partial charge in [-0.1, -0.05) is 25.1 Å². The van der Waals surface area contributed by atoms with Gasteiger partial charge >= 0.3 is 6.03 Å². The van der Waals surface area contributed by atoms with Crippen LogP contribution in [0.4, 0.5) is 4.79 Å². The zero-order valence-corrected chi connectivity index (χ0v) is 10.5. The summed E-state index contributed by atoms with van der Waals surface area (Å²) in [5.74, 6) is -0.634. The fourth-order valence-electron chi connectivity index (χ4n) is 1.71. The molecule has 2 rings (SSSR count). The van der Waals surface area contributed by atoms with E-state index in [1.807, 2.05) is 6.92 Å². The van der Waals surface area contributed by atoms with E-state index in [-0.39, 0.29) is 11.7 Å². The molecule has 1 aromatic carbocycles. The first-order valence-electron chi connectivity index (χ1n) is 5.96. The summed E-state index contributed by atoms with van der Waals surface area (Å²) in [5, 5.41) is 7.27. The van der Waals surface area contributed by atoms with Gasteiger partial charge < -0.3 is 11.1 Å². The van der Waals surface area contributed by atoms with Crippen LogP contribution in [0, 0.1) is 0 Å². The molecule has 1 heterocycles. The molecule has 0 bridgehead atoms. The number of amides is 3. The molecule has 0 saturated heterocycles. The maximum Gasteiger partial charge on any atom is 0.335 e. The van der Waals surface area contributed by atoms with Gasteiger partial charge in [-0.05, 0) is 12.5 Å². The van der Waals surface area contributed by atoms with Gasteiger partial charge in [0.05, 0.1) is 5.52 Å². The van der Waals surface area contributed by atoms with Crippen LogP contribution in [0.15, 0.2) is 24.3 Å². The largest absolute Gasteiger partial charge is 0.364 e. The highest BCUT2D eigenvalue weighted by atomic mass is 16.2. The van der Waals surface area contributed by atoms with E-state index in [0.717, 1.165) is 6.42 Å². The van der Waals surface area contributed by atoms with Gasteiger partial charge in [-0.15, -0.1) is 5.10 Å². The van der Waals surface area contributed by atoms with E-state index in [1.54, 1.807) is 24.3 Å². The van der Waals surface area contributed by atoms with Gasteiger partial charge in [-0.2, -0.15) is 4.79 Å². The van der Waals surface area contributed by atoms with E-state index in [4.69, 9.17) is 5.73 Å². The van der Waals surface area contributed by atoms with E-state index in [0.29, 0.717) is 17.4 Å². The quantitative estimate of drug-likeness (QED) is 0.758. The number of benzene rings is 1. The number of urea groups is 1. The lowest BCUT2D eigenvalue weighted by atomic mass is 10.2. The van der Waals surface area contributed by atoms with E-state index in [1.165, 1.54) is 4.79 Å². The number of hydrogen-bond donors (Lipinski definition) is 3. The minimum absolute atomic E-state index is 0.131. The van der Waals surface area contributed by atoms with Crippen LogP contribution < -0.4 is 16.5 Å². The minimum Gasteiger partial charge on any atom is -0.364 e. The highest BCUT2D eigenvalue weighted by molar-refractivity contribution is 6.04. The van der Waals surface area contributed by atoms with Crippen LogP contribution in [-0.2, 0) is 0 Å². The predicted octanol–water partition coefficient (Wildman–Crippen LogP) is 0.798. The summed E-state index contributed by atoms with van der Waals surface area (Å²) in [6, 6.07) is 6.65. The van der Waals surface area contributed by atoms with Crippen LogP contribution in [0.1, 0.15) is 23.8 Å². The molecule has 0 aliphatic heterocycles. The number of fused-ring (bicyclic) bond motifs is 1. The average Bonchev–Trinajstić information content (AvgIpc) is 2.76. The number of nitrogens with zero attached hydrogens (tertiary/aromatic N) is 2. The normalized spacial score (nSPS) is 10.4. The summed E-state index contributed by atoms with van der Waals surface area (Å²) in [6.45, 7) is 2.52. The van der Waals surface area contributed by atoms with Crippen molar-refractivity contribution < 1.29 is 9.59 Å². The lowest BCUT2D eigenvalue weighted by Gasteiger charge is -2.06. The second-order valence-electron chi connectivity index (χ2n) is 4.01. The summed E-state index contributed by atoms with van der Waals surface area (Å²) in [7, 11) is 0. The Morgan fingerprint density at radius 2 is 2.11 bits per heavy atom. The molecule has 7 heteroatoms. The highest BCUT2D eigenvalue weighted by Crippen LogP contribution is 2.16. The predicted molar refractivity (Wildman–Crippen MR) is 71.3 cm³/mol. The van der Waals surface area contributed by atoms with E-state index >= 15 is 0 Å². The Balaban J connectivity index is 2.33. The van der Waals surface area contributed by atoms with Crippen molar-refractivity contribution in [3.63, 3.8) is 0 Å². The fraction of sp³-hybridized carbons (Fsp3) is 0.250. The average molecular weight is 261 g/mol. The summed E-state index contributed by atoms with van der Waals surface area (Å²) in [6.07, 6.45) is 0.833. The van der Waals surface area contributed by atoms with Crippen LogP contribution >= 0.6 is 0 Å². The number of carbonyl (C=O) groups is 2.